The molecule has 0 atom stereocenters. The quantitative estimate of drug-likeness (QED) is 0.135. The Morgan fingerprint density at radius 2 is 1.06 bits per heavy atom. The van der Waals surface area contributed by atoms with Gasteiger partial charge in [-0.25, -0.2) is 4.58 Å². The van der Waals surface area contributed by atoms with Crippen molar-refractivity contribution in [3.05, 3.63) is 53.9 Å². The van der Waals surface area contributed by atoms with Crippen molar-refractivity contribution in [2.45, 2.75) is 41.5 Å². The van der Waals surface area contributed by atoms with E-state index < -0.39 is 0 Å². The number of hydrogen-bond acceptors (Lipinski definition) is 4. The first-order valence-electron chi connectivity index (χ1n) is 13.5. The smallest absolute Gasteiger partial charge is 0.203 e. The van der Waals surface area contributed by atoms with Crippen LogP contribution in [0, 0.1) is 0 Å². The van der Waals surface area contributed by atoms with Crippen molar-refractivity contribution in [1.82, 2.24) is 4.58 Å². The van der Waals surface area contributed by atoms with Gasteiger partial charge in [-0.3, -0.25) is 0 Å². The van der Waals surface area contributed by atoms with Gasteiger partial charge in [-0.05, 0) is 59.7 Å². The van der Waals surface area contributed by atoms with Gasteiger partial charge in [-0.2, -0.15) is 0 Å². The molecule has 36 heavy (non-hydrogen) atoms. The number of benzene rings is 3. The monoisotopic (exact) mass is 484 g/mol. The topological polar surface area (TPSA) is 35.8 Å². The van der Waals surface area contributed by atoms with Crippen molar-refractivity contribution in [2.75, 3.05) is 49.1 Å². The highest BCUT2D eigenvalue weighted by atomic mass is 16.3. The molecule has 0 spiro atoms. The molecule has 188 valence electrons. The first-order chi connectivity index (χ1) is 17.6. The van der Waals surface area contributed by atoms with Crippen LogP contribution in [0.4, 0.5) is 11.4 Å². The fraction of sp³-hybridized carbons (Fsp3) is 0.387. The predicted molar refractivity (Wildman–Crippen MR) is 154 cm³/mol. The molecule has 5 heteroatoms. The van der Waals surface area contributed by atoms with E-state index in [1.807, 2.05) is 0 Å². The second kappa shape index (κ2) is 9.88. The van der Waals surface area contributed by atoms with E-state index in [9.17, 15) is 0 Å². The number of hydrogen-bond donors (Lipinski definition) is 0. The summed E-state index contributed by atoms with van der Waals surface area (Å²) in [6.07, 6.45) is 0. The lowest BCUT2D eigenvalue weighted by Crippen LogP contribution is -2.29. The zero-order valence-electron chi connectivity index (χ0n) is 22.5. The Morgan fingerprint density at radius 3 is 1.61 bits per heavy atom. The molecule has 0 aliphatic rings. The molecule has 0 saturated heterocycles. The molecule has 0 amide bonds. The number of nitrogens with zero attached hydrogens (tertiary/aromatic N) is 3. The summed E-state index contributed by atoms with van der Waals surface area (Å²) in [6, 6.07) is 17.6. The van der Waals surface area contributed by atoms with E-state index >= 15 is 0 Å². The van der Waals surface area contributed by atoms with Crippen LogP contribution >= 0.6 is 0 Å². The Balaban J connectivity index is 1.95. The fourth-order valence-corrected chi connectivity index (χ4v) is 5.58. The van der Waals surface area contributed by atoms with Gasteiger partial charge in [-0.1, -0.05) is 0 Å². The van der Waals surface area contributed by atoms with E-state index in [2.05, 4.69) is 104 Å². The summed E-state index contributed by atoms with van der Waals surface area (Å²) in [5.74, 6) is 0. The highest BCUT2D eigenvalue weighted by Gasteiger charge is 2.19. The lowest BCUT2D eigenvalue weighted by atomic mass is 10.0. The van der Waals surface area contributed by atoms with E-state index in [-0.39, 0.29) is 0 Å². The van der Waals surface area contributed by atoms with E-state index in [0.717, 1.165) is 83.4 Å². The number of rotatable bonds is 8. The maximum absolute atomic E-state index is 6.63. The standard InChI is InChI=1S/C31H38N3O2/c1-7-32(8-2)21-13-15-24-26(17-21)35-28-19-23(34(11-5)12-6)20-29-31(28)30(24)25-16-14-22(18-27(25)36-29)33(9-3)10-4/h13-20H,7-12H2,1-6H3/q+1. The van der Waals surface area contributed by atoms with Crippen LogP contribution in [0.25, 0.3) is 43.9 Å². The van der Waals surface area contributed by atoms with Crippen molar-refractivity contribution < 1.29 is 8.83 Å². The molecule has 0 fully saturated rings. The van der Waals surface area contributed by atoms with Crippen molar-refractivity contribution in [3.8, 4) is 0 Å². The Labute approximate surface area is 213 Å². The Hall–Kier alpha value is -3.47. The summed E-state index contributed by atoms with van der Waals surface area (Å²) in [5, 5.41) is 5.68. The van der Waals surface area contributed by atoms with Crippen LogP contribution in [0.15, 0.2) is 57.4 Å². The Morgan fingerprint density at radius 1 is 0.556 bits per heavy atom. The van der Waals surface area contributed by atoms with Crippen molar-refractivity contribution in [1.29, 1.82) is 0 Å². The lowest BCUT2D eigenvalue weighted by Gasteiger charge is -2.23. The summed E-state index contributed by atoms with van der Waals surface area (Å²) in [6.45, 7) is 18.8. The molecule has 5 rings (SSSR count). The molecule has 3 aromatic carbocycles. The first kappa shape index (κ1) is 24.2. The maximum atomic E-state index is 6.63. The van der Waals surface area contributed by atoms with Crippen LogP contribution < -0.4 is 19.7 Å². The fourth-order valence-electron chi connectivity index (χ4n) is 5.58. The summed E-state index contributed by atoms with van der Waals surface area (Å²) < 4.78 is 15.6. The average molecular weight is 485 g/mol. The van der Waals surface area contributed by atoms with Gasteiger partial charge in [0.1, 0.15) is 35.4 Å². The second-order valence-electron chi connectivity index (χ2n) is 9.27. The normalized spacial score (nSPS) is 11.7. The summed E-state index contributed by atoms with van der Waals surface area (Å²) in [7, 11) is 0. The van der Waals surface area contributed by atoms with E-state index in [1.165, 1.54) is 16.4 Å². The highest BCUT2D eigenvalue weighted by molar-refractivity contribution is 6.25. The molecule has 2 aromatic heterocycles. The minimum absolute atomic E-state index is 0.868. The van der Waals surface area contributed by atoms with Gasteiger partial charge in [0.05, 0.1) is 11.5 Å². The molecule has 0 aliphatic carbocycles. The molecular formula is C31H38N3O2+. The summed E-state index contributed by atoms with van der Waals surface area (Å²) >= 11 is 0. The first-order valence-corrected chi connectivity index (χ1v) is 13.5. The second-order valence-corrected chi connectivity index (χ2v) is 9.27. The molecule has 0 saturated carbocycles. The van der Waals surface area contributed by atoms with Crippen LogP contribution in [0.1, 0.15) is 41.5 Å². The zero-order valence-corrected chi connectivity index (χ0v) is 22.5. The molecule has 5 nitrogen and oxygen atoms in total. The predicted octanol–water partition coefficient (Wildman–Crippen LogP) is 6.99. The van der Waals surface area contributed by atoms with Crippen LogP contribution in [-0.4, -0.2) is 39.3 Å². The number of anilines is 2. The zero-order chi connectivity index (χ0) is 25.4. The Bertz CT molecular complexity index is 1610. The third-order valence-corrected chi connectivity index (χ3v) is 7.60. The molecular weight excluding hydrogens is 446 g/mol. The minimum atomic E-state index is 0.868. The molecule has 0 bridgehead atoms. The van der Waals surface area contributed by atoms with Gasteiger partial charge < -0.3 is 18.6 Å². The van der Waals surface area contributed by atoms with Crippen LogP contribution in [0.3, 0.4) is 0 Å². The Kier molecular flexibility index (Phi) is 6.65. The summed E-state index contributed by atoms with van der Waals surface area (Å²) in [4.78, 5) is 4.70. The highest BCUT2D eigenvalue weighted by Crippen LogP contribution is 2.41. The van der Waals surface area contributed by atoms with E-state index in [1.54, 1.807) is 0 Å². The molecule has 0 radical (unpaired) electrons. The SMILES string of the molecule is CCN(CC)c1ccc2c(c1)oc1cc(N(CC)CC)cc3oc4cc(=[N+](CC)CC)ccc4c2c13. The van der Waals surface area contributed by atoms with Crippen LogP contribution in [0.5, 0.6) is 0 Å². The summed E-state index contributed by atoms with van der Waals surface area (Å²) in [5.41, 5.74) is 5.86. The number of fused-ring (bicyclic) bond motifs is 4. The van der Waals surface area contributed by atoms with Gasteiger partial charge in [0, 0.05) is 78.0 Å². The van der Waals surface area contributed by atoms with Crippen molar-refractivity contribution >= 4 is 55.3 Å². The van der Waals surface area contributed by atoms with Gasteiger partial charge in [0.2, 0.25) is 5.36 Å². The van der Waals surface area contributed by atoms with Crippen LogP contribution in [0.2, 0.25) is 0 Å². The van der Waals surface area contributed by atoms with Crippen LogP contribution in [-0.2, 0) is 0 Å². The third-order valence-electron chi connectivity index (χ3n) is 7.60. The van der Waals surface area contributed by atoms with Gasteiger partial charge >= 0.3 is 0 Å². The van der Waals surface area contributed by atoms with E-state index in [0.29, 0.717) is 0 Å². The minimum Gasteiger partial charge on any atom is -0.456 e. The molecule has 0 unspecified atom stereocenters. The largest absolute Gasteiger partial charge is 0.456 e. The van der Waals surface area contributed by atoms with Gasteiger partial charge in [0.25, 0.3) is 0 Å². The molecule has 5 aromatic rings. The van der Waals surface area contributed by atoms with Crippen molar-refractivity contribution in [3.63, 3.8) is 0 Å². The molecule has 0 N–H and O–H groups in total. The molecule has 2 heterocycles. The van der Waals surface area contributed by atoms with Gasteiger partial charge in [-0.15, -0.1) is 0 Å². The van der Waals surface area contributed by atoms with Gasteiger partial charge in [0.15, 0.2) is 0 Å². The molecule has 0 aliphatic heterocycles. The van der Waals surface area contributed by atoms with Crippen molar-refractivity contribution in [2.24, 2.45) is 0 Å². The van der Waals surface area contributed by atoms with E-state index in [4.69, 9.17) is 8.83 Å². The third kappa shape index (κ3) is 3.91. The lowest BCUT2D eigenvalue weighted by molar-refractivity contribution is 0.621. The maximum Gasteiger partial charge on any atom is 0.203 e. The average Bonchev–Trinajstić information content (AvgIpc) is 2.90.